The van der Waals surface area contributed by atoms with Crippen LogP contribution < -0.4 is 15.4 Å². The number of fused-ring (bicyclic) bond motifs is 1. The molecule has 0 saturated heterocycles. The number of carbonyl (C=O) groups is 1. The van der Waals surface area contributed by atoms with Crippen LogP contribution in [-0.2, 0) is 4.79 Å². The number of nitrogen functional groups attached to an aromatic ring is 1. The fraction of sp³-hybridized carbons (Fsp3) is 0.176. The zero-order chi connectivity index (χ0) is 16.2. The number of benzene rings is 1. The molecule has 23 heavy (non-hydrogen) atoms. The Bertz CT molecular complexity index is 744. The van der Waals surface area contributed by atoms with E-state index in [-0.39, 0.29) is 18.3 Å². The van der Waals surface area contributed by atoms with Gasteiger partial charge in [0.15, 0.2) is 11.5 Å². The van der Waals surface area contributed by atoms with Gasteiger partial charge in [-0.15, -0.1) is 0 Å². The van der Waals surface area contributed by atoms with E-state index in [0.29, 0.717) is 35.8 Å². The normalized spacial score (nSPS) is 15.4. The zero-order valence-electron chi connectivity index (χ0n) is 12.5. The number of aromatic nitrogens is 1. The van der Waals surface area contributed by atoms with E-state index in [0.717, 1.165) is 0 Å². The Morgan fingerprint density at radius 3 is 2.91 bits per heavy atom. The van der Waals surface area contributed by atoms with Crippen LogP contribution in [0, 0.1) is 0 Å². The lowest BCUT2D eigenvalue weighted by molar-refractivity contribution is -0.117. The Labute approximate surface area is 133 Å². The number of aliphatic hydroxyl groups excluding tert-OH is 1. The molecular formula is C17H17N3O3. The predicted octanol–water partition coefficient (Wildman–Crippen LogP) is 1.81. The fourth-order valence-corrected chi connectivity index (χ4v) is 2.37. The number of aliphatic hydroxyl groups is 1. The quantitative estimate of drug-likeness (QED) is 0.664. The first kappa shape index (κ1) is 15.1. The van der Waals surface area contributed by atoms with Gasteiger partial charge in [0.25, 0.3) is 5.91 Å². The Morgan fingerprint density at radius 2 is 2.17 bits per heavy atom. The second kappa shape index (κ2) is 6.50. The number of nitrogens with zero attached hydrogens (tertiary/aromatic N) is 2. The smallest absolute Gasteiger partial charge is 0.294 e. The van der Waals surface area contributed by atoms with Gasteiger partial charge in [0.05, 0.1) is 11.4 Å². The monoisotopic (exact) mass is 311 g/mol. The van der Waals surface area contributed by atoms with Crippen molar-refractivity contribution in [1.82, 2.24) is 4.98 Å². The molecule has 0 saturated carbocycles. The van der Waals surface area contributed by atoms with E-state index in [9.17, 15) is 4.79 Å². The third-order valence-corrected chi connectivity index (χ3v) is 3.46. The Balaban J connectivity index is 2.00. The van der Waals surface area contributed by atoms with Crippen LogP contribution in [0.5, 0.6) is 5.75 Å². The molecule has 0 fully saturated rings. The lowest BCUT2D eigenvalue weighted by Crippen LogP contribution is -2.38. The minimum atomic E-state index is -0.276. The van der Waals surface area contributed by atoms with Crippen molar-refractivity contribution in [3.05, 3.63) is 54.0 Å². The number of rotatable bonds is 4. The van der Waals surface area contributed by atoms with E-state index in [1.807, 2.05) is 6.07 Å². The van der Waals surface area contributed by atoms with Gasteiger partial charge in [-0.25, -0.2) is 0 Å². The van der Waals surface area contributed by atoms with E-state index in [2.05, 4.69) is 4.98 Å². The zero-order valence-corrected chi connectivity index (χ0v) is 12.5. The molecule has 0 radical (unpaired) electrons. The van der Waals surface area contributed by atoms with Crippen molar-refractivity contribution in [3.63, 3.8) is 0 Å². The van der Waals surface area contributed by atoms with Gasteiger partial charge in [-0.2, -0.15) is 0 Å². The summed E-state index contributed by atoms with van der Waals surface area (Å²) in [5.74, 6) is 0.472. The molecule has 2 heterocycles. The molecule has 1 aliphatic rings. The highest BCUT2D eigenvalue weighted by molar-refractivity contribution is 6.10. The van der Waals surface area contributed by atoms with Gasteiger partial charge >= 0.3 is 0 Å². The Kier molecular flexibility index (Phi) is 4.25. The van der Waals surface area contributed by atoms with Gasteiger partial charge in [0.1, 0.15) is 0 Å². The maximum absolute atomic E-state index is 12.7. The molecule has 1 amide bonds. The van der Waals surface area contributed by atoms with Crippen LogP contribution in [0.25, 0.3) is 6.08 Å². The molecule has 0 atom stereocenters. The fourth-order valence-electron chi connectivity index (χ4n) is 2.37. The number of anilines is 2. The van der Waals surface area contributed by atoms with Crippen LogP contribution in [0.1, 0.15) is 12.1 Å². The predicted molar refractivity (Wildman–Crippen MR) is 87.8 cm³/mol. The Morgan fingerprint density at radius 1 is 1.30 bits per heavy atom. The average Bonchev–Trinajstić information content (AvgIpc) is 2.56. The molecule has 2 aromatic rings. The van der Waals surface area contributed by atoms with Crippen molar-refractivity contribution in [2.24, 2.45) is 0 Å². The van der Waals surface area contributed by atoms with Gasteiger partial charge in [-0.3, -0.25) is 9.78 Å². The number of ether oxygens (including phenoxy) is 1. The number of nitrogens with two attached hydrogens (primary N) is 1. The lowest BCUT2D eigenvalue weighted by Gasteiger charge is -2.30. The minimum Gasteiger partial charge on any atom is -0.449 e. The molecule has 6 heteroatoms. The number of amides is 1. The molecule has 1 aromatic heterocycles. The first-order valence-corrected chi connectivity index (χ1v) is 7.32. The minimum absolute atomic E-state index is 0.00156. The highest BCUT2D eigenvalue weighted by Crippen LogP contribution is 2.37. The molecule has 0 unspecified atom stereocenters. The average molecular weight is 311 g/mol. The van der Waals surface area contributed by atoms with Crippen LogP contribution in [0.4, 0.5) is 11.4 Å². The second-order valence-corrected chi connectivity index (χ2v) is 5.13. The molecule has 0 bridgehead atoms. The molecule has 1 aliphatic heterocycles. The molecule has 118 valence electrons. The lowest BCUT2D eigenvalue weighted by atomic mass is 10.1. The first-order valence-electron chi connectivity index (χ1n) is 7.32. The van der Waals surface area contributed by atoms with Gasteiger partial charge in [0.2, 0.25) is 0 Å². The summed E-state index contributed by atoms with van der Waals surface area (Å²) in [6, 6.07) is 10.6. The standard InChI is InChI=1S/C17H17N3O3/c18-12-5-6-15-14(10-12)20(8-3-9-21)17(22)16(23-15)11-13-4-1-2-7-19-13/h1-2,4-7,10-11,21H,3,8-9,18H2/b16-11+. The third kappa shape index (κ3) is 3.17. The summed E-state index contributed by atoms with van der Waals surface area (Å²) < 4.78 is 5.73. The molecule has 1 aromatic carbocycles. The summed E-state index contributed by atoms with van der Waals surface area (Å²) >= 11 is 0. The summed E-state index contributed by atoms with van der Waals surface area (Å²) in [6.07, 6.45) is 3.72. The number of hydrogen-bond acceptors (Lipinski definition) is 5. The molecule has 0 aliphatic carbocycles. The van der Waals surface area contributed by atoms with Crippen molar-refractivity contribution >= 4 is 23.4 Å². The van der Waals surface area contributed by atoms with Crippen LogP contribution in [0.3, 0.4) is 0 Å². The largest absolute Gasteiger partial charge is 0.449 e. The summed E-state index contributed by atoms with van der Waals surface area (Å²) in [5.41, 5.74) is 7.60. The van der Waals surface area contributed by atoms with Crippen LogP contribution in [0.2, 0.25) is 0 Å². The molecule has 6 nitrogen and oxygen atoms in total. The van der Waals surface area contributed by atoms with Crippen LogP contribution in [0.15, 0.2) is 48.4 Å². The number of carbonyl (C=O) groups excluding carboxylic acids is 1. The van der Waals surface area contributed by atoms with Crippen molar-refractivity contribution in [1.29, 1.82) is 0 Å². The van der Waals surface area contributed by atoms with E-state index in [1.165, 1.54) is 0 Å². The van der Waals surface area contributed by atoms with E-state index in [1.54, 1.807) is 47.5 Å². The maximum atomic E-state index is 12.7. The van der Waals surface area contributed by atoms with Crippen molar-refractivity contribution in [3.8, 4) is 5.75 Å². The summed E-state index contributed by atoms with van der Waals surface area (Å²) in [7, 11) is 0. The first-order chi connectivity index (χ1) is 11.2. The van der Waals surface area contributed by atoms with Gasteiger partial charge in [0, 0.05) is 31.1 Å². The summed E-state index contributed by atoms with van der Waals surface area (Å²) in [4.78, 5) is 18.4. The van der Waals surface area contributed by atoms with Crippen molar-refractivity contribution in [2.45, 2.75) is 6.42 Å². The van der Waals surface area contributed by atoms with Gasteiger partial charge in [-0.05, 0) is 36.8 Å². The number of hydrogen-bond donors (Lipinski definition) is 2. The number of pyridine rings is 1. The van der Waals surface area contributed by atoms with E-state index >= 15 is 0 Å². The van der Waals surface area contributed by atoms with Gasteiger partial charge < -0.3 is 20.5 Å². The Hall–Kier alpha value is -2.86. The molecular weight excluding hydrogens is 294 g/mol. The SMILES string of the molecule is Nc1ccc2c(c1)N(CCCO)C(=O)/C(=C\c1ccccn1)O2. The topological polar surface area (TPSA) is 88.7 Å². The summed E-state index contributed by atoms with van der Waals surface area (Å²) in [6.45, 7) is 0.385. The highest BCUT2D eigenvalue weighted by atomic mass is 16.5. The summed E-state index contributed by atoms with van der Waals surface area (Å²) in [5, 5.41) is 9.07. The van der Waals surface area contributed by atoms with Crippen molar-refractivity contribution < 1.29 is 14.6 Å². The van der Waals surface area contributed by atoms with E-state index < -0.39 is 0 Å². The van der Waals surface area contributed by atoms with Crippen molar-refractivity contribution in [2.75, 3.05) is 23.8 Å². The molecule has 0 spiro atoms. The second-order valence-electron chi connectivity index (χ2n) is 5.13. The van der Waals surface area contributed by atoms with Crippen LogP contribution in [-0.4, -0.2) is 29.1 Å². The van der Waals surface area contributed by atoms with E-state index in [4.69, 9.17) is 15.6 Å². The third-order valence-electron chi connectivity index (χ3n) is 3.46. The maximum Gasteiger partial charge on any atom is 0.294 e. The van der Waals surface area contributed by atoms with Crippen LogP contribution >= 0.6 is 0 Å². The highest BCUT2D eigenvalue weighted by Gasteiger charge is 2.30. The molecule has 3 N–H and O–H groups in total. The molecule has 3 rings (SSSR count). The van der Waals surface area contributed by atoms with Gasteiger partial charge in [-0.1, -0.05) is 6.07 Å².